The Morgan fingerprint density at radius 1 is 1.47 bits per heavy atom. The van der Waals surface area contributed by atoms with Gasteiger partial charge in [-0.1, -0.05) is 12.1 Å². The van der Waals surface area contributed by atoms with Gasteiger partial charge in [-0.3, -0.25) is 0 Å². The molecule has 2 aromatic rings. The van der Waals surface area contributed by atoms with Crippen molar-refractivity contribution >= 4 is 16.9 Å². The van der Waals surface area contributed by atoms with Crippen molar-refractivity contribution in [1.82, 2.24) is 0 Å². The molecule has 1 unspecified atom stereocenters. The van der Waals surface area contributed by atoms with Gasteiger partial charge in [0.15, 0.2) is 6.10 Å². The van der Waals surface area contributed by atoms with E-state index in [4.69, 9.17) is 4.42 Å². The summed E-state index contributed by atoms with van der Waals surface area (Å²) in [5.74, 6) is -0.680. The fourth-order valence-corrected chi connectivity index (χ4v) is 1.39. The molecule has 4 nitrogen and oxygen atoms in total. The summed E-state index contributed by atoms with van der Waals surface area (Å²) in [6.07, 6.45) is 0.295. The Bertz CT molecular complexity index is 486. The van der Waals surface area contributed by atoms with Crippen molar-refractivity contribution < 1.29 is 19.1 Å². The van der Waals surface area contributed by atoms with Gasteiger partial charge < -0.3 is 14.3 Å². The molecule has 0 radical (unpaired) electrons. The summed E-state index contributed by atoms with van der Waals surface area (Å²) >= 11 is 0. The highest BCUT2D eigenvalue weighted by Crippen LogP contribution is 2.21. The van der Waals surface area contributed by atoms with E-state index in [0.717, 1.165) is 5.39 Å². The van der Waals surface area contributed by atoms with Crippen LogP contribution < -0.4 is 0 Å². The van der Waals surface area contributed by atoms with Gasteiger partial charge in [0.25, 0.3) is 0 Å². The number of hydrogen-bond donors (Lipinski definition) is 1. The first-order valence-corrected chi connectivity index (χ1v) is 4.45. The zero-order chi connectivity index (χ0) is 10.8. The van der Waals surface area contributed by atoms with Crippen LogP contribution in [0, 0.1) is 0 Å². The number of aliphatic hydroxyl groups is 1. The van der Waals surface area contributed by atoms with E-state index in [1.165, 1.54) is 7.11 Å². The Labute approximate surface area is 86.1 Å². The number of fused-ring (bicyclic) bond motifs is 1. The molecule has 0 amide bonds. The van der Waals surface area contributed by atoms with E-state index in [0.29, 0.717) is 11.1 Å². The van der Waals surface area contributed by atoms with Crippen molar-refractivity contribution in [2.45, 2.75) is 6.10 Å². The van der Waals surface area contributed by atoms with Crippen molar-refractivity contribution in [1.29, 1.82) is 0 Å². The van der Waals surface area contributed by atoms with E-state index < -0.39 is 12.1 Å². The molecule has 1 aromatic carbocycles. The molecular formula is C11H10O4. The van der Waals surface area contributed by atoms with Gasteiger partial charge in [0.1, 0.15) is 5.58 Å². The lowest BCUT2D eigenvalue weighted by Gasteiger charge is -2.07. The highest BCUT2D eigenvalue weighted by atomic mass is 16.5. The maximum Gasteiger partial charge on any atom is 0.339 e. The van der Waals surface area contributed by atoms with Gasteiger partial charge in [-0.25, -0.2) is 4.79 Å². The highest BCUT2D eigenvalue weighted by molar-refractivity contribution is 5.81. The van der Waals surface area contributed by atoms with Crippen LogP contribution in [0.15, 0.2) is 34.9 Å². The Kier molecular flexibility index (Phi) is 2.43. The average Bonchev–Trinajstić information content (AvgIpc) is 2.73. The summed E-state index contributed by atoms with van der Waals surface area (Å²) in [6, 6.07) is 6.88. The van der Waals surface area contributed by atoms with Gasteiger partial charge >= 0.3 is 5.97 Å². The summed E-state index contributed by atoms with van der Waals surface area (Å²) in [5, 5.41) is 10.5. The molecule has 0 aliphatic rings. The number of furan rings is 1. The average molecular weight is 206 g/mol. The minimum absolute atomic E-state index is 0.462. The SMILES string of the molecule is COC(=O)C(O)c1ccc2ccoc2c1. The Balaban J connectivity index is 2.39. The second-order valence-corrected chi connectivity index (χ2v) is 3.14. The van der Waals surface area contributed by atoms with Crippen LogP contribution in [0.4, 0.5) is 0 Å². The largest absolute Gasteiger partial charge is 0.467 e. The standard InChI is InChI=1S/C11H10O4/c1-14-11(13)10(12)8-3-2-7-4-5-15-9(7)6-8/h2-6,10,12H,1H3. The van der Waals surface area contributed by atoms with Crippen molar-refractivity contribution in [3.05, 3.63) is 36.1 Å². The van der Waals surface area contributed by atoms with E-state index in [1.54, 1.807) is 24.5 Å². The van der Waals surface area contributed by atoms with Crippen LogP contribution in [0.25, 0.3) is 11.0 Å². The fourth-order valence-electron chi connectivity index (χ4n) is 1.39. The van der Waals surface area contributed by atoms with Crippen LogP contribution in [0.2, 0.25) is 0 Å². The summed E-state index contributed by atoms with van der Waals surface area (Å²) in [5.41, 5.74) is 1.10. The molecule has 1 aromatic heterocycles. The third kappa shape index (κ3) is 1.71. The molecule has 4 heteroatoms. The summed E-state index contributed by atoms with van der Waals surface area (Å²) in [7, 11) is 1.23. The number of esters is 1. The molecule has 0 saturated heterocycles. The predicted octanol–water partition coefficient (Wildman–Crippen LogP) is 1.64. The first-order valence-electron chi connectivity index (χ1n) is 4.45. The zero-order valence-corrected chi connectivity index (χ0v) is 8.14. The molecular weight excluding hydrogens is 196 g/mol. The topological polar surface area (TPSA) is 59.7 Å². The van der Waals surface area contributed by atoms with Crippen LogP contribution in [0.5, 0.6) is 0 Å². The molecule has 0 aliphatic carbocycles. The van der Waals surface area contributed by atoms with Crippen molar-refractivity contribution in [3.8, 4) is 0 Å². The molecule has 1 N–H and O–H groups in total. The van der Waals surface area contributed by atoms with E-state index in [1.807, 2.05) is 6.07 Å². The lowest BCUT2D eigenvalue weighted by atomic mass is 10.1. The monoisotopic (exact) mass is 206 g/mol. The zero-order valence-electron chi connectivity index (χ0n) is 8.14. The van der Waals surface area contributed by atoms with Gasteiger partial charge in [0.2, 0.25) is 0 Å². The fraction of sp³-hybridized carbons (Fsp3) is 0.182. The van der Waals surface area contributed by atoms with E-state index in [-0.39, 0.29) is 0 Å². The molecule has 15 heavy (non-hydrogen) atoms. The minimum Gasteiger partial charge on any atom is -0.467 e. The van der Waals surface area contributed by atoms with E-state index in [2.05, 4.69) is 4.74 Å². The van der Waals surface area contributed by atoms with Crippen LogP contribution in [-0.2, 0) is 9.53 Å². The number of benzene rings is 1. The van der Waals surface area contributed by atoms with Gasteiger partial charge in [-0.2, -0.15) is 0 Å². The second kappa shape index (κ2) is 3.74. The third-order valence-electron chi connectivity index (χ3n) is 2.22. The van der Waals surface area contributed by atoms with Gasteiger partial charge in [-0.15, -0.1) is 0 Å². The molecule has 0 fully saturated rings. The molecule has 2 rings (SSSR count). The number of ether oxygens (including phenoxy) is 1. The van der Waals surface area contributed by atoms with Crippen molar-refractivity contribution in [3.63, 3.8) is 0 Å². The maximum absolute atomic E-state index is 11.1. The number of hydrogen-bond acceptors (Lipinski definition) is 4. The molecule has 1 heterocycles. The second-order valence-electron chi connectivity index (χ2n) is 3.14. The summed E-state index contributed by atoms with van der Waals surface area (Å²) in [6.45, 7) is 0. The van der Waals surface area contributed by atoms with Gasteiger partial charge in [0, 0.05) is 5.39 Å². The first-order chi connectivity index (χ1) is 7.22. The van der Waals surface area contributed by atoms with Crippen LogP contribution in [0.3, 0.4) is 0 Å². The number of methoxy groups -OCH3 is 1. The summed E-state index contributed by atoms with van der Waals surface area (Å²) in [4.78, 5) is 11.1. The first kappa shape index (κ1) is 9.73. The molecule has 0 bridgehead atoms. The number of carbonyl (C=O) groups excluding carboxylic acids is 1. The molecule has 78 valence electrons. The lowest BCUT2D eigenvalue weighted by Crippen LogP contribution is -2.13. The van der Waals surface area contributed by atoms with Gasteiger partial charge in [-0.05, 0) is 17.7 Å². The van der Waals surface area contributed by atoms with Gasteiger partial charge in [0.05, 0.1) is 13.4 Å². The van der Waals surface area contributed by atoms with Crippen molar-refractivity contribution in [2.75, 3.05) is 7.11 Å². The number of rotatable bonds is 2. The molecule has 0 spiro atoms. The number of carbonyl (C=O) groups is 1. The van der Waals surface area contributed by atoms with Crippen LogP contribution in [-0.4, -0.2) is 18.2 Å². The highest BCUT2D eigenvalue weighted by Gasteiger charge is 2.18. The third-order valence-corrected chi connectivity index (χ3v) is 2.22. The lowest BCUT2D eigenvalue weighted by molar-refractivity contribution is -0.150. The molecule has 1 atom stereocenters. The van der Waals surface area contributed by atoms with Crippen LogP contribution in [0.1, 0.15) is 11.7 Å². The normalized spacial score (nSPS) is 12.7. The predicted molar refractivity (Wildman–Crippen MR) is 53.2 cm³/mol. The smallest absolute Gasteiger partial charge is 0.339 e. The molecule has 0 saturated carbocycles. The van der Waals surface area contributed by atoms with E-state index in [9.17, 15) is 9.90 Å². The van der Waals surface area contributed by atoms with Crippen molar-refractivity contribution in [2.24, 2.45) is 0 Å². The Morgan fingerprint density at radius 3 is 3.00 bits per heavy atom. The Hall–Kier alpha value is -1.81. The van der Waals surface area contributed by atoms with E-state index >= 15 is 0 Å². The molecule has 0 aliphatic heterocycles. The number of aliphatic hydroxyl groups excluding tert-OH is 1. The summed E-state index contributed by atoms with van der Waals surface area (Å²) < 4.78 is 9.60. The quantitative estimate of drug-likeness (QED) is 0.759. The maximum atomic E-state index is 11.1. The Morgan fingerprint density at radius 2 is 2.27 bits per heavy atom. The van der Waals surface area contributed by atoms with Crippen LogP contribution >= 0.6 is 0 Å². The minimum atomic E-state index is -1.26.